The van der Waals surface area contributed by atoms with Gasteiger partial charge in [0, 0.05) is 0 Å². The summed E-state index contributed by atoms with van der Waals surface area (Å²) in [6.07, 6.45) is 0. The Morgan fingerprint density at radius 3 is 2.40 bits per heavy atom. The fourth-order valence-corrected chi connectivity index (χ4v) is 2.69. The van der Waals surface area contributed by atoms with Crippen molar-refractivity contribution in [2.75, 3.05) is 6.61 Å². The van der Waals surface area contributed by atoms with E-state index in [-0.39, 0.29) is 0 Å². The number of rotatable bonds is 6. The monoisotopic (exact) mass is 370 g/mol. The third-order valence-corrected chi connectivity index (χ3v) is 4.62. The minimum absolute atomic E-state index is 0.428. The molecule has 1 amide bonds. The van der Waals surface area contributed by atoms with E-state index in [9.17, 15) is 22.0 Å². The molecular weight excluding hydrogens is 354 g/mol. The first-order valence-corrected chi connectivity index (χ1v) is 8.63. The van der Waals surface area contributed by atoms with Gasteiger partial charge in [0.25, 0.3) is 15.9 Å². The van der Waals surface area contributed by atoms with Gasteiger partial charge in [0.05, 0.1) is 4.90 Å². The van der Waals surface area contributed by atoms with Crippen LogP contribution >= 0.6 is 0 Å². The van der Waals surface area contributed by atoms with E-state index in [0.29, 0.717) is 17.9 Å². The maximum Gasteiger partial charge on any atom is 0.272 e. The number of halogens is 2. The molecule has 0 spiro atoms. The Labute approximate surface area is 143 Å². The van der Waals surface area contributed by atoms with E-state index in [1.165, 1.54) is 0 Å². The summed E-state index contributed by atoms with van der Waals surface area (Å²) in [5.74, 6) is -2.79. The molecule has 0 fully saturated rings. The van der Waals surface area contributed by atoms with Gasteiger partial charge in [-0.3, -0.25) is 10.2 Å². The number of hydrogen-bond donors (Lipinski definition) is 2. The SMILES string of the molecule is Cc1ccc(OCC(=O)NNS(=O)(=O)c2ccc(F)c(F)c2)cc1C. The number of benzene rings is 2. The van der Waals surface area contributed by atoms with Gasteiger partial charge in [0.2, 0.25) is 0 Å². The maximum atomic E-state index is 13.1. The third kappa shape index (κ3) is 4.97. The number of hydrogen-bond acceptors (Lipinski definition) is 4. The molecule has 0 unspecified atom stereocenters. The van der Waals surface area contributed by atoms with Crippen molar-refractivity contribution in [3.05, 3.63) is 59.2 Å². The maximum absolute atomic E-state index is 13.1. The first kappa shape index (κ1) is 18.8. The van der Waals surface area contributed by atoms with E-state index in [1.807, 2.05) is 25.3 Å². The average molecular weight is 370 g/mol. The second kappa shape index (κ2) is 7.58. The van der Waals surface area contributed by atoms with E-state index in [2.05, 4.69) is 0 Å². The van der Waals surface area contributed by atoms with E-state index in [0.717, 1.165) is 17.2 Å². The smallest absolute Gasteiger partial charge is 0.272 e. The summed E-state index contributed by atoms with van der Waals surface area (Å²) in [6.45, 7) is 3.39. The Morgan fingerprint density at radius 2 is 1.76 bits per heavy atom. The minimum Gasteiger partial charge on any atom is -0.484 e. The van der Waals surface area contributed by atoms with Gasteiger partial charge in [0.15, 0.2) is 18.2 Å². The molecule has 6 nitrogen and oxygen atoms in total. The second-order valence-electron chi connectivity index (χ2n) is 5.26. The summed E-state index contributed by atoms with van der Waals surface area (Å²) in [7, 11) is -4.23. The quantitative estimate of drug-likeness (QED) is 0.762. The molecule has 0 aliphatic carbocycles. The van der Waals surface area contributed by atoms with Crippen molar-refractivity contribution in [3.8, 4) is 5.75 Å². The van der Waals surface area contributed by atoms with Crippen molar-refractivity contribution < 1.29 is 26.7 Å². The molecule has 25 heavy (non-hydrogen) atoms. The molecule has 2 aromatic rings. The Bertz CT molecular complexity index is 901. The van der Waals surface area contributed by atoms with Gasteiger partial charge >= 0.3 is 0 Å². The first-order chi connectivity index (χ1) is 11.7. The Hall–Kier alpha value is -2.52. The largest absolute Gasteiger partial charge is 0.484 e. The van der Waals surface area contributed by atoms with E-state index in [1.54, 1.807) is 17.0 Å². The normalized spacial score (nSPS) is 11.2. The van der Waals surface area contributed by atoms with Gasteiger partial charge in [-0.25, -0.2) is 17.2 Å². The molecule has 0 radical (unpaired) electrons. The van der Waals surface area contributed by atoms with Crippen LogP contribution in [0.15, 0.2) is 41.3 Å². The molecule has 0 bridgehead atoms. The van der Waals surface area contributed by atoms with Gasteiger partial charge in [-0.15, -0.1) is 4.83 Å². The highest BCUT2D eigenvalue weighted by Gasteiger charge is 2.17. The zero-order chi connectivity index (χ0) is 18.6. The molecule has 0 aliphatic heterocycles. The molecule has 0 aliphatic rings. The molecule has 2 N–H and O–H groups in total. The van der Waals surface area contributed by atoms with E-state index >= 15 is 0 Å². The standard InChI is InChI=1S/C16H16F2N2O4S/c1-10-3-4-12(7-11(10)2)24-9-16(21)19-20-25(22,23)13-5-6-14(17)15(18)8-13/h3-8,20H,9H2,1-2H3,(H,19,21). The molecule has 0 aromatic heterocycles. The lowest BCUT2D eigenvalue weighted by Gasteiger charge is -2.10. The number of hydrazine groups is 1. The van der Waals surface area contributed by atoms with Crippen LogP contribution in [-0.2, 0) is 14.8 Å². The second-order valence-corrected chi connectivity index (χ2v) is 6.95. The van der Waals surface area contributed by atoms with E-state index < -0.39 is 39.1 Å². The zero-order valence-electron chi connectivity index (χ0n) is 13.5. The number of aryl methyl sites for hydroxylation is 2. The third-order valence-electron chi connectivity index (χ3n) is 3.37. The number of sulfonamides is 1. The Balaban J connectivity index is 1.92. The average Bonchev–Trinajstić information content (AvgIpc) is 2.56. The molecule has 2 aromatic carbocycles. The van der Waals surface area contributed by atoms with Crippen LogP contribution in [0.4, 0.5) is 8.78 Å². The highest BCUT2D eigenvalue weighted by molar-refractivity contribution is 7.89. The summed E-state index contributed by atoms with van der Waals surface area (Å²) in [5, 5.41) is 0. The highest BCUT2D eigenvalue weighted by Crippen LogP contribution is 2.16. The molecule has 0 saturated heterocycles. The van der Waals surface area contributed by atoms with Crippen molar-refractivity contribution in [3.63, 3.8) is 0 Å². The van der Waals surface area contributed by atoms with Crippen molar-refractivity contribution in [1.82, 2.24) is 10.3 Å². The molecule has 2 rings (SSSR count). The number of amides is 1. The molecule has 134 valence electrons. The van der Waals surface area contributed by atoms with Crippen molar-refractivity contribution >= 4 is 15.9 Å². The topological polar surface area (TPSA) is 84.5 Å². The van der Waals surface area contributed by atoms with Crippen LogP contribution in [0.25, 0.3) is 0 Å². The number of carbonyl (C=O) groups excluding carboxylic acids is 1. The summed E-state index contributed by atoms with van der Waals surface area (Å²) in [6, 6.07) is 7.31. The zero-order valence-corrected chi connectivity index (χ0v) is 14.3. The van der Waals surface area contributed by atoms with Gasteiger partial charge < -0.3 is 4.74 Å². The molecule has 9 heteroatoms. The predicted molar refractivity (Wildman–Crippen MR) is 86.2 cm³/mol. The predicted octanol–water partition coefficient (Wildman–Crippen LogP) is 1.97. The van der Waals surface area contributed by atoms with Crippen LogP contribution in [-0.4, -0.2) is 20.9 Å². The Kier molecular flexibility index (Phi) is 5.70. The number of carbonyl (C=O) groups is 1. The fraction of sp³-hybridized carbons (Fsp3) is 0.188. The van der Waals surface area contributed by atoms with E-state index in [4.69, 9.17) is 4.74 Å². The van der Waals surface area contributed by atoms with Gasteiger partial charge in [-0.05, 0) is 55.3 Å². The summed E-state index contributed by atoms with van der Waals surface area (Å²) >= 11 is 0. The number of nitrogens with one attached hydrogen (secondary N) is 2. The van der Waals surface area contributed by atoms with Crippen molar-refractivity contribution in [2.45, 2.75) is 18.7 Å². The lowest BCUT2D eigenvalue weighted by molar-refractivity contribution is -0.123. The number of ether oxygens (including phenoxy) is 1. The first-order valence-electron chi connectivity index (χ1n) is 7.15. The van der Waals surface area contributed by atoms with Crippen LogP contribution in [0.2, 0.25) is 0 Å². The lowest BCUT2D eigenvalue weighted by atomic mass is 10.1. The van der Waals surface area contributed by atoms with Crippen LogP contribution in [0.1, 0.15) is 11.1 Å². The van der Waals surface area contributed by atoms with Crippen molar-refractivity contribution in [1.29, 1.82) is 0 Å². The fourth-order valence-electron chi connectivity index (χ4n) is 1.82. The van der Waals surface area contributed by atoms with Crippen LogP contribution in [0, 0.1) is 25.5 Å². The molecule has 0 heterocycles. The summed E-state index contributed by atoms with van der Waals surface area (Å²) < 4.78 is 55.0. The molecular formula is C16H16F2N2O4S. The lowest BCUT2D eigenvalue weighted by Crippen LogP contribution is -2.43. The highest BCUT2D eigenvalue weighted by atomic mass is 32.2. The molecule has 0 atom stereocenters. The van der Waals surface area contributed by atoms with Crippen LogP contribution in [0.5, 0.6) is 5.75 Å². The van der Waals surface area contributed by atoms with Crippen molar-refractivity contribution in [2.24, 2.45) is 0 Å². The minimum atomic E-state index is -4.23. The van der Waals surface area contributed by atoms with Crippen LogP contribution in [0.3, 0.4) is 0 Å². The van der Waals surface area contributed by atoms with Gasteiger partial charge in [-0.1, -0.05) is 6.07 Å². The van der Waals surface area contributed by atoms with Crippen LogP contribution < -0.4 is 15.0 Å². The van der Waals surface area contributed by atoms with Gasteiger partial charge in [-0.2, -0.15) is 0 Å². The molecule has 0 saturated carbocycles. The Morgan fingerprint density at radius 1 is 1.04 bits per heavy atom. The van der Waals surface area contributed by atoms with Gasteiger partial charge in [0.1, 0.15) is 5.75 Å². The summed E-state index contributed by atoms with van der Waals surface area (Å²) in [5.41, 5.74) is 3.98. The summed E-state index contributed by atoms with van der Waals surface area (Å²) in [4.78, 5) is 12.9.